The first-order chi connectivity index (χ1) is 12.4. The van der Waals surface area contributed by atoms with Gasteiger partial charge in [-0.15, -0.1) is 5.10 Å². The molecule has 0 amide bonds. The predicted octanol–water partition coefficient (Wildman–Crippen LogP) is 3.99. The average molecular weight is 353 g/mol. The lowest BCUT2D eigenvalue weighted by molar-refractivity contribution is -0.119. The van der Waals surface area contributed by atoms with E-state index >= 15 is 0 Å². The number of carbonyl (C=O) groups excluding carboxylic acids is 1. The molecule has 2 aromatic rings. The van der Waals surface area contributed by atoms with Crippen LogP contribution >= 0.6 is 0 Å². The number of aryl methyl sites for hydroxylation is 1. The topological polar surface area (TPSA) is 46.1 Å². The maximum atomic E-state index is 14.0. The van der Waals surface area contributed by atoms with Crippen LogP contribution in [0.4, 0.5) is 10.2 Å². The number of benzene rings is 1. The minimum Gasteiger partial charge on any atom is -0.355 e. The van der Waals surface area contributed by atoms with Crippen molar-refractivity contribution >= 4 is 17.2 Å². The second-order valence-corrected chi connectivity index (χ2v) is 7.15. The van der Waals surface area contributed by atoms with E-state index in [1.165, 1.54) is 6.07 Å². The van der Waals surface area contributed by atoms with Crippen molar-refractivity contribution in [3.05, 3.63) is 59.5 Å². The largest absolute Gasteiger partial charge is 0.355 e. The minimum absolute atomic E-state index is 0.148. The summed E-state index contributed by atoms with van der Waals surface area (Å²) in [6, 6.07) is 8.88. The highest BCUT2D eigenvalue weighted by Gasteiger charge is 2.25. The van der Waals surface area contributed by atoms with Gasteiger partial charge >= 0.3 is 0 Å². The van der Waals surface area contributed by atoms with Gasteiger partial charge in [0.15, 0.2) is 5.82 Å². The number of anilines is 1. The van der Waals surface area contributed by atoms with Gasteiger partial charge in [0.2, 0.25) is 0 Å². The first-order valence-corrected chi connectivity index (χ1v) is 8.93. The maximum Gasteiger partial charge on any atom is 0.151 e. The highest BCUT2D eigenvalue weighted by Crippen LogP contribution is 2.25. The molecule has 4 nitrogen and oxygen atoms in total. The summed E-state index contributed by atoms with van der Waals surface area (Å²) < 4.78 is 14.0. The lowest BCUT2D eigenvalue weighted by Gasteiger charge is -2.16. The third-order valence-corrected chi connectivity index (χ3v) is 4.80. The van der Waals surface area contributed by atoms with Crippen molar-refractivity contribution in [3.8, 4) is 0 Å². The zero-order chi connectivity index (χ0) is 18.7. The Morgan fingerprint density at radius 2 is 2.12 bits per heavy atom. The molecule has 136 valence electrons. The SMILES string of the molecule is C=C(C)c1ccc(CC(=O)C[C@H]2CCN(c3ccc(C)nn3)C2)cc1F. The average Bonchev–Trinajstić information content (AvgIpc) is 3.03. The molecule has 0 unspecified atom stereocenters. The molecule has 1 atom stereocenters. The van der Waals surface area contributed by atoms with Crippen LogP contribution in [0.1, 0.15) is 36.6 Å². The second-order valence-electron chi connectivity index (χ2n) is 7.15. The first-order valence-electron chi connectivity index (χ1n) is 8.93. The zero-order valence-electron chi connectivity index (χ0n) is 15.3. The van der Waals surface area contributed by atoms with Crippen LogP contribution in [0.25, 0.3) is 5.57 Å². The molecular formula is C21H24FN3O. The Bertz CT molecular complexity index is 817. The van der Waals surface area contributed by atoms with Crippen molar-refractivity contribution in [3.63, 3.8) is 0 Å². The van der Waals surface area contributed by atoms with Crippen LogP contribution in [0.15, 0.2) is 36.9 Å². The van der Waals surface area contributed by atoms with Crippen molar-refractivity contribution in [2.45, 2.75) is 33.1 Å². The second kappa shape index (κ2) is 7.77. The summed E-state index contributed by atoms with van der Waals surface area (Å²) in [4.78, 5) is 14.6. The number of allylic oxidation sites excluding steroid dienone is 1. The Morgan fingerprint density at radius 1 is 1.31 bits per heavy atom. The Morgan fingerprint density at radius 3 is 2.77 bits per heavy atom. The molecule has 26 heavy (non-hydrogen) atoms. The Hall–Kier alpha value is -2.56. The van der Waals surface area contributed by atoms with Crippen molar-refractivity contribution < 1.29 is 9.18 Å². The molecule has 1 aliphatic heterocycles. The Labute approximate surface area is 153 Å². The molecule has 0 N–H and O–H groups in total. The molecule has 1 saturated heterocycles. The summed E-state index contributed by atoms with van der Waals surface area (Å²) >= 11 is 0. The predicted molar refractivity (Wildman–Crippen MR) is 102 cm³/mol. The quantitative estimate of drug-likeness (QED) is 0.788. The number of nitrogens with zero attached hydrogens (tertiary/aromatic N) is 3. The monoisotopic (exact) mass is 353 g/mol. The van der Waals surface area contributed by atoms with E-state index in [0.29, 0.717) is 23.5 Å². The lowest BCUT2D eigenvalue weighted by Crippen LogP contribution is -2.22. The van der Waals surface area contributed by atoms with E-state index in [4.69, 9.17) is 0 Å². The summed E-state index contributed by atoms with van der Waals surface area (Å²) in [5.74, 6) is 1.01. The van der Waals surface area contributed by atoms with E-state index in [1.807, 2.05) is 25.1 Å². The molecule has 0 saturated carbocycles. The van der Waals surface area contributed by atoms with E-state index in [2.05, 4.69) is 21.7 Å². The van der Waals surface area contributed by atoms with Gasteiger partial charge in [0, 0.05) is 31.5 Å². The molecule has 0 radical (unpaired) electrons. The number of Topliss-reactive ketones (excluding diaryl/α,β-unsaturated/α-hetero) is 1. The summed E-state index contributed by atoms with van der Waals surface area (Å²) in [5, 5.41) is 8.31. The van der Waals surface area contributed by atoms with Gasteiger partial charge in [-0.05, 0) is 55.5 Å². The summed E-state index contributed by atoms with van der Waals surface area (Å²) in [7, 11) is 0. The molecule has 1 fully saturated rings. The van der Waals surface area contributed by atoms with Crippen molar-refractivity contribution in [2.24, 2.45) is 5.92 Å². The van der Waals surface area contributed by atoms with Crippen LogP contribution in [0, 0.1) is 18.7 Å². The molecule has 0 aliphatic carbocycles. The number of carbonyl (C=O) groups is 1. The van der Waals surface area contributed by atoms with Gasteiger partial charge in [0.05, 0.1) is 5.69 Å². The van der Waals surface area contributed by atoms with Gasteiger partial charge in [-0.25, -0.2) is 4.39 Å². The summed E-state index contributed by atoms with van der Waals surface area (Å²) in [6.07, 6.45) is 1.75. The van der Waals surface area contributed by atoms with Crippen LogP contribution in [0.2, 0.25) is 0 Å². The van der Waals surface area contributed by atoms with Crippen LogP contribution in [-0.4, -0.2) is 29.1 Å². The number of hydrogen-bond donors (Lipinski definition) is 0. The molecule has 0 spiro atoms. The summed E-state index contributed by atoms with van der Waals surface area (Å²) in [6.45, 7) is 9.14. The van der Waals surface area contributed by atoms with Gasteiger partial charge in [0.25, 0.3) is 0 Å². The molecule has 3 rings (SSSR count). The van der Waals surface area contributed by atoms with Crippen LogP contribution in [-0.2, 0) is 11.2 Å². The van der Waals surface area contributed by atoms with E-state index in [1.54, 1.807) is 13.0 Å². The van der Waals surface area contributed by atoms with Crippen molar-refractivity contribution in [1.29, 1.82) is 0 Å². The lowest BCUT2D eigenvalue weighted by atomic mass is 9.96. The number of rotatable bonds is 6. The van der Waals surface area contributed by atoms with E-state index in [-0.39, 0.29) is 18.0 Å². The molecule has 5 heteroatoms. The zero-order valence-corrected chi connectivity index (χ0v) is 15.3. The highest BCUT2D eigenvalue weighted by molar-refractivity contribution is 5.81. The van der Waals surface area contributed by atoms with Crippen molar-refractivity contribution in [1.82, 2.24) is 10.2 Å². The minimum atomic E-state index is -0.312. The van der Waals surface area contributed by atoms with Crippen molar-refractivity contribution in [2.75, 3.05) is 18.0 Å². The number of aromatic nitrogens is 2. The normalized spacial score (nSPS) is 16.7. The van der Waals surface area contributed by atoms with Gasteiger partial charge in [-0.3, -0.25) is 4.79 Å². The first kappa shape index (κ1) is 18.2. The van der Waals surface area contributed by atoms with Gasteiger partial charge < -0.3 is 4.90 Å². The van der Waals surface area contributed by atoms with E-state index < -0.39 is 0 Å². The number of hydrogen-bond acceptors (Lipinski definition) is 4. The van der Waals surface area contributed by atoms with Crippen LogP contribution < -0.4 is 4.90 Å². The Kier molecular flexibility index (Phi) is 5.45. The van der Waals surface area contributed by atoms with E-state index in [9.17, 15) is 9.18 Å². The highest BCUT2D eigenvalue weighted by atomic mass is 19.1. The molecule has 1 aliphatic rings. The van der Waals surface area contributed by atoms with Crippen LogP contribution in [0.5, 0.6) is 0 Å². The number of halogens is 1. The fourth-order valence-electron chi connectivity index (χ4n) is 3.40. The van der Waals surface area contributed by atoms with Gasteiger partial charge in [-0.1, -0.05) is 18.7 Å². The molecule has 0 bridgehead atoms. The third kappa shape index (κ3) is 4.34. The molecule has 1 aromatic carbocycles. The van der Waals surface area contributed by atoms with E-state index in [0.717, 1.165) is 36.6 Å². The van der Waals surface area contributed by atoms with Gasteiger partial charge in [0.1, 0.15) is 11.6 Å². The maximum absolute atomic E-state index is 14.0. The Balaban J connectivity index is 1.55. The third-order valence-electron chi connectivity index (χ3n) is 4.80. The summed E-state index contributed by atoms with van der Waals surface area (Å²) in [5.41, 5.74) is 2.80. The van der Waals surface area contributed by atoms with Gasteiger partial charge in [-0.2, -0.15) is 5.10 Å². The fraction of sp³-hybridized carbons (Fsp3) is 0.381. The molecular weight excluding hydrogens is 329 g/mol. The molecule has 1 aromatic heterocycles. The number of ketones is 1. The standard InChI is InChI=1S/C21H24FN3O/c1-14(2)19-6-5-16(12-20(19)22)10-18(26)11-17-8-9-25(13-17)21-7-4-15(3)23-24-21/h4-7,12,17H,1,8-11,13H2,2-3H3/t17-/m1/s1. The smallest absolute Gasteiger partial charge is 0.151 e. The molecule has 2 heterocycles. The fourth-order valence-corrected chi connectivity index (χ4v) is 3.40. The van der Waals surface area contributed by atoms with Crippen LogP contribution in [0.3, 0.4) is 0 Å².